The summed E-state index contributed by atoms with van der Waals surface area (Å²) in [5.74, 6) is 0.245. The average molecular weight is 395 g/mol. The Morgan fingerprint density at radius 3 is 2.59 bits per heavy atom. The van der Waals surface area contributed by atoms with Gasteiger partial charge in [-0.2, -0.15) is 5.10 Å². The van der Waals surface area contributed by atoms with Crippen molar-refractivity contribution in [2.45, 2.75) is 18.8 Å². The van der Waals surface area contributed by atoms with Crippen LogP contribution >= 0.6 is 0 Å². The number of anilines is 1. The van der Waals surface area contributed by atoms with Crippen LogP contribution in [0, 0.1) is 5.82 Å². The number of piperidine rings is 1. The second-order valence-electron chi connectivity index (χ2n) is 7.16. The van der Waals surface area contributed by atoms with Crippen molar-refractivity contribution in [3.63, 3.8) is 0 Å². The van der Waals surface area contributed by atoms with Gasteiger partial charge in [0.05, 0.1) is 5.69 Å². The summed E-state index contributed by atoms with van der Waals surface area (Å²) in [7, 11) is 1.63. The topological polar surface area (TPSA) is 72.2 Å². The van der Waals surface area contributed by atoms with Gasteiger partial charge in [-0.1, -0.05) is 18.2 Å². The number of likely N-dealkylation sites (tertiary alicyclic amines) is 1. The Labute approximate surface area is 167 Å². The number of nitrogens with zero attached hydrogens (tertiary/aromatic N) is 4. The third-order valence-corrected chi connectivity index (χ3v) is 5.13. The standard InChI is InChI=1S/C21H22FN5O2/c1-25-21(29)27(18-7-3-2-4-8-18)19(24-25)15-6-5-13-26(14-15)20(28)23-17-11-9-16(22)10-12-17/h2-4,7-12,15H,5-6,13-14H2,1H3,(H,23,28). The van der Waals surface area contributed by atoms with Gasteiger partial charge in [0.15, 0.2) is 0 Å². The van der Waals surface area contributed by atoms with E-state index in [0.717, 1.165) is 18.5 Å². The number of aryl methyl sites for hydroxylation is 1. The molecule has 2 aromatic carbocycles. The van der Waals surface area contributed by atoms with E-state index in [2.05, 4.69) is 10.4 Å². The van der Waals surface area contributed by atoms with Gasteiger partial charge in [-0.05, 0) is 49.2 Å². The first-order chi connectivity index (χ1) is 14.0. The van der Waals surface area contributed by atoms with Crippen molar-refractivity contribution < 1.29 is 9.18 Å². The van der Waals surface area contributed by atoms with Gasteiger partial charge in [-0.3, -0.25) is 0 Å². The number of carbonyl (C=O) groups excluding carboxylic acids is 1. The van der Waals surface area contributed by atoms with Gasteiger partial charge in [-0.25, -0.2) is 23.2 Å². The minimum atomic E-state index is -0.352. The molecular weight excluding hydrogens is 373 g/mol. The maximum absolute atomic E-state index is 13.1. The lowest BCUT2D eigenvalue weighted by Crippen LogP contribution is -2.42. The SMILES string of the molecule is Cn1nc(C2CCCN(C(=O)Nc3ccc(F)cc3)C2)n(-c2ccccc2)c1=O. The van der Waals surface area contributed by atoms with Crippen molar-refractivity contribution in [3.05, 3.63) is 76.7 Å². The van der Waals surface area contributed by atoms with Crippen molar-refractivity contribution in [1.29, 1.82) is 0 Å². The Kier molecular flexibility index (Phi) is 5.16. The molecule has 0 saturated carbocycles. The van der Waals surface area contributed by atoms with Gasteiger partial charge in [-0.15, -0.1) is 0 Å². The number of hydrogen-bond donors (Lipinski definition) is 1. The molecule has 1 N–H and O–H groups in total. The van der Waals surface area contributed by atoms with Crippen LogP contribution in [0.25, 0.3) is 5.69 Å². The number of para-hydroxylation sites is 1. The van der Waals surface area contributed by atoms with E-state index in [1.807, 2.05) is 30.3 Å². The van der Waals surface area contributed by atoms with Gasteiger partial charge in [0, 0.05) is 31.7 Å². The molecule has 1 aliphatic heterocycles. The maximum Gasteiger partial charge on any atom is 0.350 e. The van der Waals surface area contributed by atoms with E-state index in [1.54, 1.807) is 16.5 Å². The average Bonchev–Trinajstić information content (AvgIpc) is 3.05. The van der Waals surface area contributed by atoms with Gasteiger partial charge in [0.1, 0.15) is 11.6 Å². The third kappa shape index (κ3) is 3.91. The molecule has 1 aliphatic rings. The second-order valence-corrected chi connectivity index (χ2v) is 7.16. The highest BCUT2D eigenvalue weighted by Gasteiger charge is 2.29. The van der Waals surface area contributed by atoms with E-state index >= 15 is 0 Å². The van der Waals surface area contributed by atoms with Gasteiger partial charge in [0.25, 0.3) is 0 Å². The number of rotatable bonds is 3. The fourth-order valence-electron chi connectivity index (χ4n) is 3.68. The Morgan fingerprint density at radius 2 is 1.86 bits per heavy atom. The fourth-order valence-corrected chi connectivity index (χ4v) is 3.68. The molecule has 1 saturated heterocycles. The Hall–Kier alpha value is -3.42. The Balaban J connectivity index is 1.56. The van der Waals surface area contributed by atoms with Crippen LogP contribution in [0.15, 0.2) is 59.4 Å². The summed E-state index contributed by atoms with van der Waals surface area (Å²) in [5, 5.41) is 7.26. The minimum absolute atomic E-state index is 0.0585. The third-order valence-electron chi connectivity index (χ3n) is 5.13. The lowest BCUT2D eigenvalue weighted by atomic mass is 9.97. The molecule has 7 nitrogen and oxygen atoms in total. The number of aromatic nitrogens is 3. The van der Waals surface area contributed by atoms with Gasteiger partial charge in [0.2, 0.25) is 0 Å². The second kappa shape index (κ2) is 7.90. The van der Waals surface area contributed by atoms with E-state index in [0.29, 0.717) is 24.6 Å². The summed E-state index contributed by atoms with van der Waals surface area (Å²) in [6.45, 7) is 1.07. The molecule has 4 rings (SSSR count). The number of benzene rings is 2. The molecule has 29 heavy (non-hydrogen) atoms. The number of carbonyl (C=O) groups is 1. The van der Waals surface area contributed by atoms with Crippen LogP contribution in [0.3, 0.4) is 0 Å². The van der Waals surface area contributed by atoms with Crippen molar-refractivity contribution in [2.24, 2.45) is 7.05 Å². The molecule has 1 unspecified atom stereocenters. The molecule has 0 spiro atoms. The zero-order chi connectivity index (χ0) is 20.4. The molecule has 1 fully saturated rings. The summed E-state index contributed by atoms with van der Waals surface area (Å²) in [6, 6.07) is 14.8. The summed E-state index contributed by atoms with van der Waals surface area (Å²) in [6.07, 6.45) is 1.64. The molecule has 2 amide bonds. The maximum atomic E-state index is 13.1. The first kappa shape index (κ1) is 18.9. The largest absolute Gasteiger partial charge is 0.350 e. The summed E-state index contributed by atoms with van der Waals surface area (Å²) < 4.78 is 16.0. The van der Waals surface area contributed by atoms with Crippen LogP contribution in [0.5, 0.6) is 0 Å². The zero-order valence-corrected chi connectivity index (χ0v) is 16.1. The van der Waals surface area contributed by atoms with E-state index in [4.69, 9.17) is 0 Å². The highest BCUT2D eigenvalue weighted by atomic mass is 19.1. The number of halogens is 1. The molecule has 3 aromatic rings. The molecule has 1 aromatic heterocycles. The summed E-state index contributed by atoms with van der Waals surface area (Å²) in [5.41, 5.74) is 1.09. The van der Waals surface area contributed by atoms with Crippen molar-refractivity contribution in [3.8, 4) is 5.69 Å². The van der Waals surface area contributed by atoms with Crippen LogP contribution in [0.2, 0.25) is 0 Å². The Morgan fingerprint density at radius 1 is 1.14 bits per heavy atom. The van der Waals surface area contributed by atoms with Crippen molar-refractivity contribution in [2.75, 3.05) is 18.4 Å². The number of urea groups is 1. The lowest BCUT2D eigenvalue weighted by molar-refractivity contribution is 0.191. The van der Waals surface area contributed by atoms with Crippen molar-refractivity contribution >= 4 is 11.7 Å². The number of hydrogen-bond acceptors (Lipinski definition) is 3. The van der Waals surface area contributed by atoms with E-state index in [-0.39, 0.29) is 23.5 Å². The first-order valence-corrected chi connectivity index (χ1v) is 9.56. The molecule has 150 valence electrons. The predicted molar refractivity (Wildman–Crippen MR) is 108 cm³/mol. The summed E-state index contributed by atoms with van der Waals surface area (Å²) in [4.78, 5) is 27.1. The van der Waals surface area contributed by atoms with Crippen LogP contribution in [-0.2, 0) is 7.05 Å². The van der Waals surface area contributed by atoms with E-state index in [9.17, 15) is 14.0 Å². The van der Waals surface area contributed by atoms with Crippen molar-refractivity contribution in [1.82, 2.24) is 19.2 Å². The van der Waals surface area contributed by atoms with Crippen LogP contribution in [0.1, 0.15) is 24.6 Å². The number of nitrogens with one attached hydrogen (secondary N) is 1. The fraction of sp³-hybridized carbons (Fsp3) is 0.286. The quantitative estimate of drug-likeness (QED) is 0.741. The van der Waals surface area contributed by atoms with E-state index < -0.39 is 0 Å². The van der Waals surface area contributed by atoms with Crippen LogP contribution in [-0.4, -0.2) is 38.4 Å². The molecule has 0 bridgehead atoms. The Bertz CT molecular complexity index is 1060. The highest BCUT2D eigenvalue weighted by molar-refractivity contribution is 5.89. The monoisotopic (exact) mass is 395 g/mol. The molecular formula is C21H22FN5O2. The molecule has 0 radical (unpaired) electrons. The lowest BCUT2D eigenvalue weighted by Gasteiger charge is -2.32. The zero-order valence-electron chi connectivity index (χ0n) is 16.1. The molecule has 0 aliphatic carbocycles. The van der Waals surface area contributed by atoms with E-state index in [1.165, 1.54) is 28.9 Å². The predicted octanol–water partition coefficient (Wildman–Crippen LogP) is 3.12. The molecule has 1 atom stereocenters. The smallest absolute Gasteiger partial charge is 0.324 e. The normalized spacial score (nSPS) is 16.6. The number of amides is 2. The van der Waals surface area contributed by atoms with Crippen LogP contribution < -0.4 is 11.0 Å². The molecule has 8 heteroatoms. The first-order valence-electron chi connectivity index (χ1n) is 9.56. The summed E-state index contributed by atoms with van der Waals surface area (Å²) >= 11 is 0. The van der Waals surface area contributed by atoms with Crippen LogP contribution in [0.4, 0.5) is 14.9 Å². The van der Waals surface area contributed by atoms with Gasteiger partial charge >= 0.3 is 11.7 Å². The highest BCUT2D eigenvalue weighted by Crippen LogP contribution is 2.27. The molecule has 2 heterocycles. The van der Waals surface area contributed by atoms with Gasteiger partial charge < -0.3 is 10.2 Å². The minimum Gasteiger partial charge on any atom is -0.324 e.